The van der Waals surface area contributed by atoms with E-state index in [2.05, 4.69) is 12.2 Å². The third kappa shape index (κ3) is 2.83. The fraction of sp³-hybridized carbons (Fsp3) is 0.923. The molecule has 0 radical (unpaired) electrons. The van der Waals surface area contributed by atoms with E-state index in [-0.39, 0.29) is 5.91 Å². The largest absolute Gasteiger partial charge is 0.377 e. The van der Waals surface area contributed by atoms with E-state index in [1.807, 2.05) is 18.7 Å². The average molecular weight is 272 g/mol. The minimum atomic E-state index is -0.498. The zero-order valence-corrected chi connectivity index (χ0v) is 12.1. The number of carbonyl (C=O) groups excluding carboxylic acids is 1. The molecule has 1 aliphatic carbocycles. The highest BCUT2D eigenvalue weighted by molar-refractivity contribution is 8.00. The van der Waals surface area contributed by atoms with Gasteiger partial charge in [-0.3, -0.25) is 4.79 Å². The van der Waals surface area contributed by atoms with Crippen molar-refractivity contribution in [3.63, 3.8) is 0 Å². The van der Waals surface area contributed by atoms with Crippen LogP contribution in [0.15, 0.2) is 0 Å². The van der Waals surface area contributed by atoms with E-state index in [1.165, 1.54) is 0 Å². The Hall–Kier alpha value is -0.260. The molecule has 18 heavy (non-hydrogen) atoms. The van der Waals surface area contributed by atoms with E-state index in [0.717, 1.165) is 38.2 Å². The lowest BCUT2D eigenvalue weighted by Crippen LogP contribution is -2.59. The van der Waals surface area contributed by atoms with Gasteiger partial charge in [-0.1, -0.05) is 6.92 Å². The van der Waals surface area contributed by atoms with Gasteiger partial charge >= 0.3 is 0 Å². The molecular weight excluding hydrogens is 248 g/mol. The second-order valence-corrected chi connectivity index (χ2v) is 6.58. The number of carbonyl (C=O) groups is 1. The van der Waals surface area contributed by atoms with Gasteiger partial charge < -0.3 is 15.8 Å². The first-order valence-electron chi connectivity index (χ1n) is 6.88. The zero-order valence-electron chi connectivity index (χ0n) is 11.3. The van der Waals surface area contributed by atoms with E-state index < -0.39 is 5.54 Å². The van der Waals surface area contributed by atoms with Gasteiger partial charge in [-0.05, 0) is 38.6 Å². The molecule has 0 aromatic heterocycles. The van der Waals surface area contributed by atoms with Gasteiger partial charge in [-0.25, -0.2) is 0 Å². The number of primary amides is 1. The lowest BCUT2D eigenvalue weighted by Gasteiger charge is -2.32. The summed E-state index contributed by atoms with van der Waals surface area (Å²) in [6, 6.07) is 0. The summed E-state index contributed by atoms with van der Waals surface area (Å²) < 4.78 is 5.57. The average Bonchev–Trinajstić information content (AvgIpc) is 3.09. The lowest BCUT2D eigenvalue weighted by atomic mass is 9.94. The smallest absolute Gasteiger partial charge is 0.238 e. The minimum Gasteiger partial charge on any atom is -0.377 e. The summed E-state index contributed by atoms with van der Waals surface area (Å²) in [5.41, 5.74) is 5.17. The number of amides is 1. The van der Waals surface area contributed by atoms with Crippen molar-refractivity contribution >= 4 is 17.7 Å². The predicted molar refractivity (Wildman–Crippen MR) is 74.6 cm³/mol. The maximum atomic E-state index is 11.9. The lowest BCUT2D eigenvalue weighted by molar-refractivity contribution is -0.124. The first kappa shape index (κ1) is 14.2. The first-order chi connectivity index (χ1) is 8.60. The topological polar surface area (TPSA) is 64.3 Å². The number of thioether (sulfide) groups is 1. The Balaban J connectivity index is 1.98. The Labute approximate surface area is 113 Å². The van der Waals surface area contributed by atoms with Gasteiger partial charge in [0.15, 0.2) is 0 Å². The summed E-state index contributed by atoms with van der Waals surface area (Å²) in [5.74, 6) is 1.02. The SMILES string of the molecule is CCNC(CSC1CCOC1C)(C(N)=O)C1CC1. The summed E-state index contributed by atoms with van der Waals surface area (Å²) >= 11 is 1.85. The molecule has 0 aromatic carbocycles. The van der Waals surface area contributed by atoms with Crippen LogP contribution in [0.2, 0.25) is 0 Å². The van der Waals surface area contributed by atoms with E-state index in [9.17, 15) is 4.79 Å². The third-order valence-corrected chi connectivity index (χ3v) is 5.71. The highest BCUT2D eigenvalue weighted by Gasteiger charge is 2.49. The third-order valence-electron chi connectivity index (χ3n) is 4.04. The van der Waals surface area contributed by atoms with Gasteiger partial charge in [0, 0.05) is 17.6 Å². The number of nitrogens with one attached hydrogen (secondary N) is 1. The minimum absolute atomic E-state index is 0.189. The molecule has 1 aliphatic heterocycles. The quantitative estimate of drug-likeness (QED) is 0.729. The van der Waals surface area contributed by atoms with Gasteiger partial charge in [0.25, 0.3) is 0 Å². The number of nitrogens with two attached hydrogens (primary N) is 1. The summed E-state index contributed by atoms with van der Waals surface area (Å²) in [6.45, 7) is 5.77. The molecule has 0 spiro atoms. The molecule has 3 unspecified atom stereocenters. The molecule has 2 rings (SSSR count). The van der Waals surface area contributed by atoms with Gasteiger partial charge in [-0.2, -0.15) is 11.8 Å². The zero-order chi connectivity index (χ0) is 13.2. The molecule has 1 amide bonds. The second kappa shape index (κ2) is 5.80. The maximum absolute atomic E-state index is 11.9. The van der Waals surface area contributed by atoms with Gasteiger partial charge in [0.05, 0.1) is 6.10 Å². The Kier molecular flexibility index (Phi) is 4.56. The molecule has 1 heterocycles. The van der Waals surface area contributed by atoms with Crippen LogP contribution in [0.3, 0.4) is 0 Å². The highest BCUT2D eigenvalue weighted by atomic mass is 32.2. The molecular formula is C13H24N2O2S. The van der Waals surface area contributed by atoms with Crippen molar-refractivity contribution in [2.45, 2.75) is 50.0 Å². The molecule has 104 valence electrons. The molecule has 0 aromatic rings. The fourth-order valence-corrected chi connectivity index (χ4v) is 4.30. The number of hydrogen-bond acceptors (Lipinski definition) is 4. The molecule has 3 atom stereocenters. The molecule has 5 heteroatoms. The van der Waals surface area contributed by atoms with Crippen molar-refractivity contribution in [2.24, 2.45) is 11.7 Å². The van der Waals surface area contributed by atoms with Gasteiger partial charge in [-0.15, -0.1) is 0 Å². The summed E-state index contributed by atoms with van der Waals surface area (Å²) in [5, 5.41) is 3.86. The van der Waals surface area contributed by atoms with Crippen molar-refractivity contribution < 1.29 is 9.53 Å². The van der Waals surface area contributed by atoms with E-state index in [1.54, 1.807) is 0 Å². The molecule has 2 aliphatic rings. The summed E-state index contributed by atoms with van der Waals surface area (Å²) in [6.07, 6.45) is 3.61. The Morgan fingerprint density at radius 3 is 2.67 bits per heavy atom. The number of likely N-dealkylation sites (N-methyl/N-ethyl adjacent to an activating group) is 1. The van der Waals surface area contributed by atoms with Crippen LogP contribution in [-0.2, 0) is 9.53 Å². The van der Waals surface area contributed by atoms with Gasteiger partial charge in [0.2, 0.25) is 5.91 Å². The van der Waals surface area contributed by atoms with E-state index >= 15 is 0 Å². The molecule has 1 saturated heterocycles. The predicted octanol–water partition coefficient (Wildman–Crippen LogP) is 1.14. The molecule has 4 nitrogen and oxygen atoms in total. The van der Waals surface area contributed by atoms with Crippen LogP contribution >= 0.6 is 11.8 Å². The monoisotopic (exact) mass is 272 g/mol. The standard InChI is InChI=1S/C13H24N2O2S/c1-3-15-13(12(14)16,10-4-5-10)8-18-11-6-7-17-9(11)2/h9-11,15H,3-8H2,1-2H3,(H2,14,16). The van der Waals surface area contributed by atoms with Crippen molar-refractivity contribution in [1.82, 2.24) is 5.32 Å². The summed E-state index contributed by atoms with van der Waals surface area (Å²) in [7, 11) is 0. The van der Waals surface area contributed by atoms with Crippen LogP contribution in [0, 0.1) is 5.92 Å². The number of hydrogen-bond donors (Lipinski definition) is 2. The fourth-order valence-electron chi connectivity index (χ4n) is 2.73. The highest BCUT2D eigenvalue weighted by Crippen LogP contribution is 2.42. The first-order valence-corrected chi connectivity index (χ1v) is 7.93. The second-order valence-electron chi connectivity index (χ2n) is 5.35. The van der Waals surface area contributed by atoms with Crippen molar-refractivity contribution in [3.05, 3.63) is 0 Å². The molecule has 1 saturated carbocycles. The molecule has 0 bridgehead atoms. The Bertz CT molecular complexity index is 309. The maximum Gasteiger partial charge on any atom is 0.238 e. The van der Waals surface area contributed by atoms with Crippen LogP contribution in [0.4, 0.5) is 0 Å². The van der Waals surface area contributed by atoms with Crippen LogP contribution < -0.4 is 11.1 Å². The van der Waals surface area contributed by atoms with E-state index in [4.69, 9.17) is 10.5 Å². The van der Waals surface area contributed by atoms with Crippen LogP contribution in [-0.4, -0.2) is 41.7 Å². The molecule has 3 N–H and O–H groups in total. The normalized spacial score (nSPS) is 31.2. The molecule has 2 fully saturated rings. The van der Waals surface area contributed by atoms with Crippen molar-refractivity contribution in [3.8, 4) is 0 Å². The Morgan fingerprint density at radius 2 is 2.22 bits per heavy atom. The van der Waals surface area contributed by atoms with Crippen LogP contribution in [0.25, 0.3) is 0 Å². The summed E-state index contributed by atoms with van der Waals surface area (Å²) in [4.78, 5) is 11.9. The number of ether oxygens (including phenoxy) is 1. The van der Waals surface area contributed by atoms with Crippen LogP contribution in [0.5, 0.6) is 0 Å². The van der Waals surface area contributed by atoms with Crippen molar-refractivity contribution in [2.75, 3.05) is 18.9 Å². The van der Waals surface area contributed by atoms with E-state index in [0.29, 0.717) is 17.3 Å². The Morgan fingerprint density at radius 1 is 1.50 bits per heavy atom. The number of rotatable bonds is 7. The van der Waals surface area contributed by atoms with Crippen molar-refractivity contribution in [1.29, 1.82) is 0 Å². The van der Waals surface area contributed by atoms with Crippen LogP contribution in [0.1, 0.15) is 33.1 Å². The van der Waals surface area contributed by atoms with Gasteiger partial charge in [0.1, 0.15) is 5.54 Å².